The third kappa shape index (κ3) is 6.13. The first-order valence-corrected chi connectivity index (χ1v) is 8.49. The lowest BCUT2D eigenvalue weighted by Gasteiger charge is -2.13. The molecule has 0 aliphatic carbocycles. The molecule has 0 fully saturated rings. The predicted molar refractivity (Wildman–Crippen MR) is 88.1 cm³/mol. The highest BCUT2D eigenvalue weighted by atomic mass is 79.9. The van der Waals surface area contributed by atoms with Crippen LogP contribution in [0.25, 0.3) is 0 Å². The molecule has 0 unspecified atom stereocenters. The molecular weight excluding hydrogens is 447 g/mol. The molecule has 0 spiro atoms. The van der Waals surface area contributed by atoms with Crippen molar-refractivity contribution in [1.82, 2.24) is 10.3 Å². The van der Waals surface area contributed by atoms with E-state index in [1.807, 2.05) is 0 Å². The van der Waals surface area contributed by atoms with E-state index in [1.54, 1.807) is 0 Å². The molecular formula is C15H10BrF5N2O2S. The highest BCUT2D eigenvalue weighted by Crippen LogP contribution is 2.37. The maximum atomic E-state index is 12.6. The molecule has 1 aromatic carbocycles. The Morgan fingerprint density at radius 2 is 2.04 bits per heavy atom. The van der Waals surface area contributed by atoms with Crippen molar-refractivity contribution in [2.24, 2.45) is 0 Å². The lowest BCUT2D eigenvalue weighted by molar-refractivity contribution is -0.0505. The van der Waals surface area contributed by atoms with Crippen LogP contribution in [0.3, 0.4) is 0 Å². The number of hydrogen-bond donors (Lipinski definition) is 1. The highest BCUT2D eigenvalue weighted by molar-refractivity contribution is 9.10. The smallest absolute Gasteiger partial charge is 0.434 e. The average molecular weight is 457 g/mol. The number of nitrogens with one attached hydrogen (secondary N) is 1. The number of alkyl halides is 5. The van der Waals surface area contributed by atoms with Crippen LogP contribution in [0.4, 0.5) is 22.0 Å². The van der Waals surface area contributed by atoms with Crippen LogP contribution < -0.4 is 10.1 Å². The third-order valence-corrected chi connectivity index (χ3v) is 4.15. The van der Waals surface area contributed by atoms with E-state index in [0.717, 1.165) is 6.20 Å². The van der Waals surface area contributed by atoms with Crippen LogP contribution >= 0.6 is 27.7 Å². The summed E-state index contributed by atoms with van der Waals surface area (Å²) in [6.07, 6.45) is 1.13. The summed E-state index contributed by atoms with van der Waals surface area (Å²) in [4.78, 5) is 15.8. The van der Waals surface area contributed by atoms with E-state index in [0.29, 0.717) is 4.47 Å². The summed E-state index contributed by atoms with van der Waals surface area (Å²) in [5.74, 6) is -0.979. The van der Waals surface area contributed by atoms with Gasteiger partial charge in [-0.15, -0.1) is 0 Å². The lowest BCUT2D eigenvalue weighted by atomic mass is 10.2. The number of rotatable bonds is 6. The molecule has 0 aliphatic rings. The fourth-order valence-corrected chi connectivity index (χ4v) is 2.93. The van der Waals surface area contributed by atoms with Gasteiger partial charge in [0.2, 0.25) is 0 Å². The molecule has 2 rings (SSSR count). The minimum absolute atomic E-state index is 0.153. The summed E-state index contributed by atoms with van der Waals surface area (Å²) < 4.78 is 67.4. The van der Waals surface area contributed by atoms with E-state index in [4.69, 9.17) is 0 Å². The average Bonchev–Trinajstić information content (AvgIpc) is 2.53. The molecule has 140 valence electrons. The number of aromatic nitrogens is 1. The quantitative estimate of drug-likeness (QED) is 0.491. The molecule has 2 aromatic rings. The Bertz CT molecular complexity index is 789. The van der Waals surface area contributed by atoms with Gasteiger partial charge in [0.05, 0.1) is 5.56 Å². The number of pyridine rings is 1. The van der Waals surface area contributed by atoms with Crippen molar-refractivity contribution < 1.29 is 31.5 Å². The summed E-state index contributed by atoms with van der Waals surface area (Å²) in [5.41, 5.74) is -4.66. The van der Waals surface area contributed by atoms with Gasteiger partial charge >= 0.3 is 12.1 Å². The van der Waals surface area contributed by atoms with Gasteiger partial charge in [-0.3, -0.25) is 4.79 Å². The van der Waals surface area contributed by atoms with Crippen LogP contribution in [0.5, 0.6) is 5.75 Å². The first-order valence-electron chi connectivity index (χ1n) is 6.88. The molecule has 26 heavy (non-hydrogen) atoms. The number of halogens is 6. The summed E-state index contributed by atoms with van der Waals surface area (Å²) in [6.45, 7) is -3.29. The molecule has 1 amide bonds. The predicted octanol–water partition coefficient (Wildman–Crippen LogP) is 4.99. The lowest BCUT2D eigenvalue weighted by Crippen LogP contribution is -2.24. The second-order valence-electron chi connectivity index (χ2n) is 4.72. The molecule has 0 radical (unpaired) electrons. The highest BCUT2D eigenvalue weighted by Gasteiger charge is 2.32. The van der Waals surface area contributed by atoms with Crippen molar-refractivity contribution in [3.05, 3.63) is 52.1 Å². The van der Waals surface area contributed by atoms with Gasteiger partial charge in [0.25, 0.3) is 5.91 Å². The number of thioether (sulfide) groups is 1. The van der Waals surface area contributed by atoms with Gasteiger partial charge < -0.3 is 10.1 Å². The van der Waals surface area contributed by atoms with Crippen LogP contribution in [-0.4, -0.2) is 23.0 Å². The van der Waals surface area contributed by atoms with Crippen LogP contribution in [0.1, 0.15) is 15.9 Å². The fourth-order valence-electron chi connectivity index (χ4n) is 1.92. The zero-order chi connectivity index (χ0) is 19.3. The zero-order valence-corrected chi connectivity index (χ0v) is 15.1. The first-order chi connectivity index (χ1) is 12.2. The number of benzene rings is 1. The van der Waals surface area contributed by atoms with Crippen LogP contribution in [0.15, 0.2) is 46.0 Å². The minimum atomic E-state index is -4.61. The zero-order valence-electron chi connectivity index (χ0n) is 12.7. The van der Waals surface area contributed by atoms with E-state index in [-0.39, 0.29) is 23.4 Å². The minimum Gasteiger partial charge on any atom is -0.434 e. The van der Waals surface area contributed by atoms with E-state index in [2.05, 4.69) is 31.0 Å². The Morgan fingerprint density at radius 3 is 2.69 bits per heavy atom. The van der Waals surface area contributed by atoms with E-state index in [9.17, 15) is 26.7 Å². The Morgan fingerprint density at radius 1 is 1.31 bits per heavy atom. The largest absolute Gasteiger partial charge is 0.447 e. The molecule has 0 bridgehead atoms. The molecule has 0 saturated carbocycles. The number of ether oxygens (including phenoxy) is 1. The summed E-state index contributed by atoms with van der Waals surface area (Å²) in [5, 5.41) is 1.87. The molecule has 11 heteroatoms. The maximum absolute atomic E-state index is 12.6. The maximum Gasteiger partial charge on any atom is 0.447 e. The van der Waals surface area contributed by atoms with E-state index < -0.39 is 34.8 Å². The number of amides is 1. The Kier molecular flexibility index (Phi) is 6.81. The van der Waals surface area contributed by atoms with E-state index >= 15 is 0 Å². The van der Waals surface area contributed by atoms with Crippen LogP contribution in [0.2, 0.25) is 0 Å². The molecule has 1 N–H and O–H groups in total. The first kappa shape index (κ1) is 20.4. The summed E-state index contributed by atoms with van der Waals surface area (Å²) >= 11 is 2.65. The second kappa shape index (κ2) is 8.67. The Labute approximate surface area is 157 Å². The van der Waals surface area contributed by atoms with Crippen LogP contribution in [0, 0.1) is 0 Å². The summed E-state index contributed by atoms with van der Waals surface area (Å²) in [7, 11) is 0. The second-order valence-corrected chi connectivity index (χ2v) is 6.69. The monoisotopic (exact) mass is 456 g/mol. The standard InChI is InChI=1S/C15H10BrF5N2O2S/c16-9-3-4-11(25-14(17)18)8(6-9)7-23-12(24)10-2-1-5-22-13(10)26-15(19,20)21/h1-6,14H,7H2,(H,23,24). The molecule has 1 heterocycles. The van der Waals surface area contributed by atoms with Crippen molar-refractivity contribution in [3.63, 3.8) is 0 Å². The van der Waals surface area contributed by atoms with Crippen LogP contribution in [-0.2, 0) is 6.54 Å². The summed E-state index contributed by atoms with van der Waals surface area (Å²) in [6, 6.07) is 6.72. The Hall–Kier alpha value is -1.88. The van der Waals surface area contributed by atoms with Crippen molar-refractivity contribution in [1.29, 1.82) is 0 Å². The Balaban J connectivity index is 2.16. The van der Waals surface area contributed by atoms with Crippen molar-refractivity contribution in [2.45, 2.75) is 23.7 Å². The van der Waals surface area contributed by atoms with Gasteiger partial charge in [-0.25, -0.2) is 4.98 Å². The van der Waals surface area contributed by atoms with Gasteiger partial charge in [-0.05, 0) is 30.3 Å². The fraction of sp³-hybridized carbons (Fsp3) is 0.200. The molecule has 0 saturated heterocycles. The SMILES string of the molecule is O=C(NCc1cc(Br)ccc1OC(F)F)c1cccnc1SC(F)(F)F. The van der Waals surface area contributed by atoms with Crippen molar-refractivity contribution in [3.8, 4) is 5.75 Å². The van der Waals surface area contributed by atoms with Gasteiger partial charge in [-0.1, -0.05) is 15.9 Å². The normalized spacial score (nSPS) is 11.5. The van der Waals surface area contributed by atoms with E-state index in [1.165, 1.54) is 30.3 Å². The number of nitrogens with zero attached hydrogens (tertiary/aromatic N) is 1. The number of hydrogen-bond acceptors (Lipinski definition) is 4. The molecule has 1 aromatic heterocycles. The van der Waals surface area contributed by atoms with Gasteiger partial charge in [0, 0.05) is 34.5 Å². The number of carbonyl (C=O) groups excluding carboxylic acids is 1. The van der Waals surface area contributed by atoms with Gasteiger partial charge in [-0.2, -0.15) is 22.0 Å². The van der Waals surface area contributed by atoms with Gasteiger partial charge in [0.1, 0.15) is 10.8 Å². The molecule has 0 aliphatic heterocycles. The molecule has 4 nitrogen and oxygen atoms in total. The van der Waals surface area contributed by atoms with Crippen molar-refractivity contribution >= 4 is 33.6 Å². The molecule has 0 atom stereocenters. The third-order valence-electron chi connectivity index (χ3n) is 2.91. The topological polar surface area (TPSA) is 51.2 Å². The number of carbonyl (C=O) groups is 1. The van der Waals surface area contributed by atoms with Gasteiger partial charge in [0.15, 0.2) is 0 Å². The van der Waals surface area contributed by atoms with Crippen molar-refractivity contribution in [2.75, 3.05) is 0 Å².